The average molecular weight is 256 g/mol. The summed E-state index contributed by atoms with van der Waals surface area (Å²) in [6.45, 7) is 2.20. The molecule has 1 N–H and O–H groups in total. The highest BCUT2D eigenvalue weighted by Gasteiger charge is 2.36. The monoisotopic (exact) mass is 256 g/mol. The number of nitrogens with one attached hydrogen (secondary N) is 1. The van der Waals surface area contributed by atoms with Crippen LogP contribution in [-0.2, 0) is 6.18 Å². The number of nitriles is 1. The second kappa shape index (κ2) is 4.82. The predicted molar refractivity (Wildman–Crippen MR) is 59.0 cm³/mol. The molecule has 7 heteroatoms. The first-order valence-electron chi connectivity index (χ1n) is 5.45. The number of nitrogens with zero attached hydrogens (tertiary/aromatic N) is 3. The highest BCUT2D eigenvalue weighted by Crippen LogP contribution is 2.35. The van der Waals surface area contributed by atoms with Crippen molar-refractivity contribution in [1.82, 2.24) is 10.3 Å². The maximum atomic E-state index is 12.9. The van der Waals surface area contributed by atoms with E-state index in [-0.39, 0.29) is 11.4 Å². The van der Waals surface area contributed by atoms with E-state index in [4.69, 9.17) is 5.26 Å². The van der Waals surface area contributed by atoms with Crippen LogP contribution in [0.4, 0.5) is 19.0 Å². The van der Waals surface area contributed by atoms with Crippen molar-refractivity contribution in [3.8, 4) is 6.07 Å². The summed E-state index contributed by atoms with van der Waals surface area (Å²) in [5.74, 6) is -0.0944. The van der Waals surface area contributed by atoms with Gasteiger partial charge >= 0.3 is 6.18 Å². The molecular weight excluding hydrogens is 245 g/mol. The Kier molecular flexibility index (Phi) is 3.39. The molecule has 0 atom stereocenters. The van der Waals surface area contributed by atoms with E-state index < -0.39 is 11.7 Å². The topological polar surface area (TPSA) is 52.0 Å². The maximum Gasteiger partial charge on any atom is 0.420 e. The van der Waals surface area contributed by atoms with Crippen LogP contribution in [-0.4, -0.2) is 31.2 Å². The summed E-state index contributed by atoms with van der Waals surface area (Å²) in [6, 6.07) is 2.53. The Morgan fingerprint density at radius 2 is 2.00 bits per heavy atom. The third kappa shape index (κ3) is 2.54. The van der Waals surface area contributed by atoms with Crippen molar-refractivity contribution >= 4 is 5.82 Å². The minimum Gasteiger partial charge on any atom is -0.354 e. The number of anilines is 1. The van der Waals surface area contributed by atoms with E-state index in [1.165, 1.54) is 6.20 Å². The lowest BCUT2D eigenvalue weighted by molar-refractivity contribution is -0.137. The van der Waals surface area contributed by atoms with Crippen LogP contribution in [0.5, 0.6) is 0 Å². The zero-order valence-electron chi connectivity index (χ0n) is 9.46. The molecule has 1 aliphatic heterocycles. The Labute approximate surface area is 102 Å². The molecule has 0 saturated carbocycles. The molecule has 1 aliphatic rings. The first kappa shape index (κ1) is 12.6. The Morgan fingerprint density at radius 1 is 1.33 bits per heavy atom. The third-order valence-electron chi connectivity index (χ3n) is 2.72. The van der Waals surface area contributed by atoms with E-state index in [2.05, 4.69) is 10.3 Å². The predicted octanol–water partition coefficient (Wildman–Crippen LogP) is 1.38. The smallest absolute Gasteiger partial charge is 0.354 e. The second-order valence-corrected chi connectivity index (χ2v) is 3.94. The summed E-state index contributed by atoms with van der Waals surface area (Å²) in [4.78, 5) is 5.38. The largest absolute Gasteiger partial charge is 0.420 e. The summed E-state index contributed by atoms with van der Waals surface area (Å²) in [7, 11) is 0. The normalized spacial score (nSPS) is 16.4. The number of halogens is 3. The van der Waals surface area contributed by atoms with Gasteiger partial charge in [0.2, 0.25) is 0 Å². The average Bonchev–Trinajstić information content (AvgIpc) is 2.38. The fraction of sp³-hybridized carbons (Fsp3) is 0.455. The molecule has 0 aliphatic carbocycles. The molecule has 96 valence electrons. The van der Waals surface area contributed by atoms with Crippen LogP contribution in [0, 0.1) is 11.3 Å². The van der Waals surface area contributed by atoms with Gasteiger partial charge in [0.15, 0.2) is 0 Å². The van der Waals surface area contributed by atoms with Gasteiger partial charge in [-0.15, -0.1) is 0 Å². The molecule has 4 nitrogen and oxygen atoms in total. The van der Waals surface area contributed by atoms with Crippen molar-refractivity contribution in [2.24, 2.45) is 0 Å². The van der Waals surface area contributed by atoms with Crippen molar-refractivity contribution < 1.29 is 13.2 Å². The molecule has 2 rings (SSSR count). The summed E-state index contributed by atoms with van der Waals surface area (Å²) in [5, 5.41) is 11.7. The number of alkyl halides is 3. The van der Waals surface area contributed by atoms with Gasteiger partial charge in [-0.1, -0.05) is 0 Å². The van der Waals surface area contributed by atoms with E-state index in [0.29, 0.717) is 26.2 Å². The number of hydrogen-bond acceptors (Lipinski definition) is 4. The minimum atomic E-state index is -4.50. The third-order valence-corrected chi connectivity index (χ3v) is 2.72. The highest BCUT2D eigenvalue weighted by molar-refractivity contribution is 5.52. The van der Waals surface area contributed by atoms with Crippen LogP contribution >= 0.6 is 0 Å². The highest BCUT2D eigenvalue weighted by atomic mass is 19.4. The Bertz CT molecular complexity index is 472. The van der Waals surface area contributed by atoms with Crippen LogP contribution in [0.15, 0.2) is 12.3 Å². The lowest BCUT2D eigenvalue weighted by Crippen LogP contribution is -2.44. The van der Waals surface area contributed by atoms with Crippen LogP contribution in [0.25, 0.3) is 0 Å². The van der Waals surface area contributed by atoms with E-state index in [0.717, 1.165) is 6.07 Å². The molecule has 0 aromatic carbocycles. The minimum absolute atomic E-state index is 0.0822. The van der Waals surface area contributed by atoms with Crippen molar-refractivity contribution in [2.75, 3.05) is 31.1 Å². The van der Waals surface area contributed by atoms with Crippen LogP contribution < -0.4 is 10.2 Å². The number of rotatable bonds is 1. The van der Waals surface area contributed by atoms with Gasteiger partial charge in [-0.05, 0) is 6.07 Å². The molecule has 0 unspecified atom stereocenters. The van der Waals surface area contributed by atoms with E-state index in [1.54, 1.807) is 11.0 Å². The number of hydrogen-bond donors (Lipinski definition) is 1. The quantitative estimate of drug-likeness (QED) is 0.824. The van der Waals surface area contributed by atoms with Crippen molar-refractivity contribution in [3.63, 3.8) is 0 Å². The standard InChI is InChI=1S/C11H11F3N4/c12-11(13,14)9-5-8(6-15)7-17-10(9)18-3-1-16-2-4-18/h5,7,16H,1-4H2. The van der Waals surface area contributed by atoms with Gasteiger partial charge in [0.05, 0.1) is 11.1 Å². The molecule has 1 aromatic rings. The summed E-state index contributed by atoms with van der Waals surface area (Å²) >= 11 is 0. The van der Waals surface area contributed by atoms with Crippen molar-refractivity contribution in [2.45, 2.75) is 6.18 Å². The molecule has 0 spiro atoms. The maximum absolute atomic E-state index is 12.9. The van der Waals surface area contributed by atoms with Gasteiger partial charge < -0.3 is 10.2 Å². The molecule has 0 radical (unpaired) electrons. The second-order valence-electron chi connectivity index (χ2n) is 3.94. The fourth-order valence-corrected chi connectivity index (χ4v) is 1.86. The number of aromatic nitrogens is 1. The van der Waals surface area contributed by atoms with E-state index >= 15 is 0 Å². The molecule has 2 heterocycles. The number of piperazine rings is 1. The Morgan fingerprint density at radius 3 is 2.56 bits per heavy atom. The summed E-state index contributed by atoms with van der Waals surface area (Å²) < 4.78 is 38.8. The zero-order valence-corrected chi connectivity index (χ0v) is 9.46. The molecule has 0 bridgehead atoms. The first-order valence-corrected chi connectivity index (χ1v) is 5.45. The Balaban J connectivity index is 2.42. The molecule has 18 heavy (non-hydrogen) atoms. The lowest BCUT2D eigenvalue weighted by Gasteiger charge is -2.30. The van der Waals surface area contributed by atoms with Gasteiger partial charge in [0.25, 0.3) is 0 Å². The summed E-state index contributed by atoms with van der Waals surface area (Å²) in [5.41, 5.74) is -0.926. The van der Waals surface area contributed by atoms with Gasteiger partial charge in [-0.3, -0.25) is 0 Å². The molecule has 0 amide bonds. The zero-order chi connectivity index (χ0) is 13.2. The number of pyridine rings is 1. The van der Waals surface area contributed by atoms with Crippen LogP contribution in [0.2, 0.25) is 0 Å². The van der Waals surface area contributed by atoms with Crippen molar-refractivity contribution in [1.29, 1.82) is 5.26 Å². The molecular formula is C11H11F3N4. The van der Waals surface area contributed by atoms with E-state index in [9.17, 15) is 13.2 Å². The van der Waals surface area contributed by atoms with E-state index in [1.807, 2.05) is 0 Å². The van der Waals surface area contributed by atoms with Gasteiger partial charge in [-0.25, -0.2) is 4.98 Å². The van der Waals surface area contributed by atoms with Gasteiger partial charge in [0, 0.05) is 32.4 Å². The van der Waals surface area contributed by atoms with Gasteiger partial charge in [-0.2, -0.15) is 18.4 Å². The van der Waals surface area contributed by atoms with Crippen molar-refractivity contribution in [3.05, 3.63) is 23.4 Å². The SMILES string of the molecule is N#Cc1cnc(N2CCNCC2)c(C(F)(F)F)c1. The molecule has 1 saturated heterocycles. The molecule has 1 fully saturated rings. The van der Waals surface area contributed by atoms with Gasteiger partial charge in [0.1, 0.15) is 11.9 Å². The van der Waals surface area contributed by atoms with Crippen LogP contribution in [0.1, 0.15) is 11.1 Å². The first-order chi connectivity index (χ1) is 8.52. The lowest BCUT2D eigenvalue weighted by atomic mass is 10.1. The molecule has 1 aromatic heterocycles. The Hall–Kier alpha value is -1.81. The summed E-state index contributed by atoms with van der Waals surface area (Å²) in [6.07, 6.45) is -3.33. The fourth-order valence-electron chi connectivity index (χ4n) is 1.86. The van der Waals surface area contributed by atoms with Crippen LogP contribution in [0.3, 0.4) is 0 Å².